The standard InChI is InChI=1S/C16H20N2O5S/c1-23-15(21)12-10-5-2-6-11(10)24-13(12)17-16(22)18-7-3-4-9(8-18)14(19)20/h9H,2-8H2,1H3,(H,17,22)(H,19,20). The van der Waals surface area contributed by atoms with Crippen LogP contribution in [0.3, 0.4) is 0 Å². The van der Waals surface area contributed by atoms with Crippen molar-refractivity contribution in [3.8, 4) is 0 Å². The van der Waals surface area contributed by atoms with Gasteiger partial charge in [-0.3, -0.25) is 10.1 Å². The molecule has 2 N–H and O–H groups in total. The number of rotatable bonds is 3. The van der Waals surface area contributed by atoms with E-state index in [0.717, 1.165) is 29.7 Å². The lowest BCUT2D eigenvalue weighted by Gasteiger charge is -2.30. The Labute approximate surface area is 143 Å². The van der Waals surface area contributed by atoms with Gasteiger partial charge in [-0.1, -0.05) is 0 Å². The van der Waals surface area contributed by atoms with E-state index in [9.17, 15) is 14.4 Å². The number of methoxy groups -OCH3 is 1. The van der Waals surface area contributed by atoms with Crippen LogP contribution in [0.25, 0.3) is 0 Å². The van der Waals surface area contributed by atoms with Gasteiger partial charge < -0.3 is 14.7 Å². The summed E-state index contributed by atoms with van der Waals surface area (Å²) in [5, 5.41) is 12.4. The Balaban J connectivity index is 1.77. The molecule has 2 aliphatic rings. The highest BCUT2D eigenvalue weighted by Crippen LogP contribution is 2.39. The summed E-state index contributed by atoms with van der Waals surface area (Å²) >= 11 is 1.42. The van der Waals surface area contributed by atoms with Crippen molar-refractivity contribution >= 4 is 34.3 Å². The zero-order valence-corrected chi connectivity index (χ0v) is 14.3. The number of nitrogens with zero attached hydrogens (tertiary/aromatic N) is 1. The molecule has 2 heterocycles. The average molecular weight is 352 g/mol. The molecule has 1 unspecified atom stereocenters. The summed E-state index contributed by atoms with van der Waals surface area (Å²) in [5.74, 6) is -1.84. The molecule has 0 radical (unpaired) electrons. The maximum absolute atomic E-state index is 12.5. The van der Waals surface area contributed by atoms with Crippen LogP contribution in [0.2, 0.25) is 0 Å². The van der Waals surface area contributed by atoms with Crippen molar-refractivity contribution in [2.24, 2.45) is 5.92 Å². The molecule has 0 spiro atoms. The predicted molar refractivity (Wildman–Crippen MR) is 88.6 cm³/mol. The minimum atomic E-state index is -0.877. The molecule has 130 valence electrons. The molecule has 1 aliphatic heterocycles. The van der Waals surface area contributed by atoms with Crippen molar-refractivity contribution in [2.75, 3.05) is 25.5 Å². The molecule has 0 saturated carbocycles. The first-order chi connectivity index (χ1) is 11.5. The Morgan fingerprint density at radius 2 is 2.08 bits per heavy atom. The third kappa shape index (κ3) is 3.10. The smallest absolute Gasteiger partial charge is 0.341 e. The highest BCUT2D eigenvalue weighted by Gasteiger charge is 2.31. The lowest BCUT2D eigenvalue weighted by Crippen LogP contribution is -2.44. The fraction of sp³-hybridized carbons (Fsp3) is 0.562. The number of esters is 1. The third-order valence-electron chi connectivity index (χ3n) is 4.59. The molecule has 1 saturated heterocycles. The first-order valence-corrected chi connectivity index (χ1v) is 8.84. The quantitative estimate of drug-likeness (QED) is 0.814. The van der Waals surface area contributed by atoms with Crippen molar-refractivity contribution in [1.29, 1.82) is 0 Å². The summed E-state index contributed by atoms with van der Waals surface area (Å²) in [6, 6.07) is -0.356. The van der Waals surface area contributed by atoms with Gasteiger partial charge in [-0.05, 0) is 37.7 Å². The number of carboxylic acid groups (broad SMARTS) is 1. The van der Waals surface area contributed by atoms with Gasteiger partial charge in [0, 0.05) is 18.0 Å². The van der Waals surface area contributed by atoms with Gasteiger partial charge in [0.25, 0.3) is 0 Å². The molecule has 1 aromatic heterocycles. The van der Waals surface area contributed by atoms with Gasteiger partial charge in [0.15, 0.2) is 0 Å². The zero-order chi connectivity index (χ0) is 17.3. The largest absolute Gasteiger partial charge is 0.481 e. The number of aliphatic carboxylic acids is 1. The predicted octanol–water partition coefficient (Wildman–Crippen LogP) is 2.35. The van der Waals surface area contributed by atoms with Gasteiger partial charge in [-0.2, -0.15) is 0 Å². The second kappa shape index (κ2) is 6.80. The number of piperidine rings is 1. The van der Waals surface area contributed by atoms with Crippen molar-refractivity contribution < 1.29 is 24.2 Å². The van der Waals surface area contributed by atoms with Crippen LogP contribution in [0, 0.1) is 5.92 Å². The monoisotopic (exact) mass is 352 g/mol. The number of carbonyl (C=O) groups is 3. The van der Waals surface area contributed by atoms with Crippen LogP contribution in [0.15, 0.2) is 0 Å². The number of aryl methyl sites for hydroxylation is 1. The second-order valence-corrected chi connectivity index (χ2v) is 7.21. The molecule has 1 fully saturated rings. The molecule has 1 aliphatic carbocycles. The van der Waals surface area contributed by atoms with Gasteiger partial charge in [-0.15, -0.1) is 11.3 Å². The lowest BCUT2D eigenvalue weighted by atomic mass is 9.99. The van der Waals surface area contributed by atoms with Crippen LogP contribution in [-0.2, 0) is 22.4 Å². The van der Waals surface area contributed by atoms with Crippen molar-refractivity contribution in [1.82, 2.24) is 4.90 Å². The fourth-order valence-corrected chi connectivity index (χ4v) is 4.62. The molecular formula is C16H20N2O5S. The summed E-state index contributed by atoms with van der Waals surface area (Å²) in [5.41, 5.74) is 1.43. The van der Waals surface area contributed by atoms with Gasteiger partial charge in [-0.25, -0.2) is 9.59 Å². The number of likely N-dealkylation sites (tertiary alicyclic amines) is 1. The lowest BCUT2D eigenvalue weighted by molar-refractivity contribution is -0.143. The maximum atomic E-state index is 12.5. The van der Waals surface area contributed by atoms with E-state index in [1.807, 2.05) is 0 Å². The minimum absolute atomic E-state index is 0.194. The van der Waals surface area contributed by atoms with Crippen molar-refractivity contribution in [3.05, 3.63) is 16.0 Å². The number of thiophene rings is 1. The summed E-state index contributed by atoms with van der Waals surface area (Å²) in [6.45, 7) is 0.716. The Morgan fingerprint density at radius 3 is 2.79 bits per heavy atom. The van der Waals surface area contributed by atoms with Crippen LogP contribution in [0.1, 0.15) is 40.1 Å². The molecule has 0 bridgehead atoms. The van der Waals surface area contributed by atoms with Gasteiger partial charge in [0.05, 0.1) is 18.6 Å². The number of urea groups is 1. The number of ether oxygens (including phenoxy) is 1. The SMILES string of the molecule is COC(=O)c1c(NC(=O)N2CCCC(C(=O)O)C2)sc2c1CCC2. The highest BCUT2D eigenvalue weighted by molar-refractivity contribution is 7.17. The molecule has 2 amide bonds. The summed E-state index contributed by atoms with van der Waals surface area (Å²) in [7, 11) is 1.33. The number of carbonyl (C=O) groups excluding carboxylic acids is 2. The highest BCUT2D eigenvalue weighted by atomic mass is 32.1. The van der Waals surface area contributed by atoms with Crippen LogP contribution >= 0.6 is 11.3 Å². The molecule has 7 nitrogen and oxygen atoms in total. The maximum Gasteiger partial charge on any atom is 0.341 e. The van der Waals surface area contributed by atoms with E-state index in [-0.39, 0.29) is 12.6 Å². The molecule has 8 heteroatoms. The van der Waals surface area contributed by atoms with E-state index in [2.05, 4.69) is 5.32 Å². The zero-order valence-electron chi connectivity index (χ0n) is 13.5. The Bertz CT molecular complexity index is 684. The third-order valence-corrected chi connectivity index (χ3v) is 5.80. The van der Waals surface area contributed by atoms with E-state index in [4.69, 9.17) is 9.84 Å². The van der Waals surface area contributed by atoms with Crippen LogP contribution < -0.4 is 5.32 Å². The molecule has 0 aromatic carbocycles. The molecule has 24 heavy (non-hydrogen) atoms. The number of carboxylic acids is 1. The summed E-state index contributed by atoms with van der Waals surface area (Å²) < 4.78 is 4.86. The van der Waals surface area contributed by atoms with E-state index in [1.165, 1.54) is 23.3 Å². The Morgan fingerprint density at radius 1 is 1.29 bits per heavy atom. The average Bonchev–Trinajstić information content (AvgIpc) is 3.14. The van der Waals surface area contributed by atoms with E-state index in [0.29, 0.717) is 30.0 Å². The van der Waals surface area contributed by atoms with Crippen molar-refractivity contribution in [2.45, 2.75) is 32.1 Å². The number of anilines is 1. The minimum Gasteiger partial charge on any atom is -0.481 e. The second-order valence-electron chi connectivity index (χ2n) is 6.11. The van der Waals surface area contributed by atoms with Crippen LogP contribution in [0.4, 0.5) is 9.80 Å². The number of hydrogen-bond acceptors (Lipinski definition) is 5. The van der Waals surface area contributed by atoms with Crippen LogP contribution in [-0.4, -0.2) is 48.2 Å². The first kappa shape index (κ1) is 16.8. The molecule has 1 atom stereocenters. The number of nitrogens with one attached hydrogen (secondary N) is 1. The Hall–Kier alpha value is -2.09. The fourth-order valence-electron chi connectivity index (χ4n) is 3.35. The van der Waals surface area contributed by atoms with Gasteiger partial charge in [0.2, 0.25) is 0 Å². The van der Waals surface area contributed by atoms with Crippen LogP contribution in [0.5, 0.6) is 0 Å². The number of fused-ring (bicyclic) bond motifs is 1. The molecule has 1 aromatic rings. The van der Waals surface area contributed by atoms with Gasteiger partial charge in [0.1, 0.15) is 5.00 Å². The van der Waals surface area contributed by atoms with E-state index in [1.54, 1.807) is 0 Å². The number of amides is 2. The van der Waals surface area contributed by atoms with E-state index < -0.39 is 17.9 Å². The number of hydrogen-bond donors (Lipinski definition) is 2. The van der Waals surface area contributed by atoms with E-state index >= 15 is 0 Å². The molecule has 3 rings (SSSR count). The van der Waals surface area contributed by atoms with Gasteiger partial charge >= 0.3 is 18.0 Å². The topological polar surface area (TPSA) is 95.9 Å². The molecular weight excluding hydrogens is 332 g/mol. The Kier molecular flexibility index (Phi) is 4.75. The first-order valence-electron chi connectivity index (χ1n) is 8.02. The summed E-state index contributed by atoms with van der Waals surface area (Å²) in [6.07, 6.45) is 3.97. The summed E-state index contributed by atoms with van der Waals surface area (Å²) in [4.78, 5) is 38.4. The van der Waals surface area contributed by atoms with Crippen molar-refractivity contribution in [3.63, 3.8) is 0 Å². The normalized spacial score (nSPS) is 19.7.